The molecule has 2 N–H and O–H groups in total. The van der Waals surface area contributed by atoms with E-state index in [-0.39, 0.29) is 24.5 Å². The van der Waals surface area contributed by atoms with E-state index < -0.39 is 17.5 Å². The number of ether oxygens (including phenoxy) is 2. The Kier molecular flexibility index (Phi) is 6.78. The van der Waals surface area contributed by atoms with Gasteiger partial charge in [0.05, 0.1) is 30.7 Å². The fraction of sp³-hybridized carbons (Fsp3) is 0.429. The average molecular weight is 324 g/mol. The zero-order valence-corrected chi connectivity index (χ0v) is 13.5. The fourth-order valence-corrected chi connectivity index (χ4v) is 1.61. The van der Waals surface area contributed by atoms with Crippen LogP contribution >= 0.6 is 0 Å². The van der Waals surface area contributed by atoms with Gasteiger partial charge in [0.25, 0.3) is 5.56 Å². The first-order chi connectivity index (χ1) is 10.9. The second-order valence-corrected chi connectivity index (χ2v) is 4.42. The summed E-state index contributed by atoms with van der Waals surface area (Å²) in [5, 5.41) is 7.28. The molecule has 0 saturated heterocycles. The molecule has 1 aromatic heterocycles. The van der Waals surface area contributed by atoms with Crippen molar-refractivity contribution < 1.29 is 19.1 Å². The molecule has 0 aliphatic carbocycles. The lowest BCUT2D eigenvalue weighted by atomic mass is 10.2. The van der Waals surface area contributed by atoms with Crippen molar-refractivity contribution in [2.24, 2.45) is 0 Å². The number of rotatable bonds is 7. The second kappa shape index (κ2) is 8.57. The van der Waals surface area contributed by atoms with Gasteiger partial charge in [0.1, 0.15) is 0 Å². The molecule has 0 spiro atoms. The molecule has 9 nitrogen and oxygen atoms in total. The van der Waals surface area contributed by atoms with Gasteiger partial charge in [-0.1, -0.05) is 0 Å². The number of aromatic amines is 1. The van der Waals surface area contributed by atoms with Crippen molar-refractivity contribution in [3.63, 3.8) is 0 Å². The largest absolute Gasteiger partial charge is 0.463 e. The summed E-state index contributed by atoms with van der Waals surface area (Å²) < 4.78 is 9.83. The van der Waals surface area contributed by atoms with Crippen molar-refractivity contribution in [2.75, 3.05) is 25.3 Å². The number of carbonyl (C=O) groups excluding carboxylic acids is 2. The normalized spacial score (nSPS) is 11.3. The third-order valence-electron chi connectivity index (χ3n) is 2.75. The molecule has 0 amide bonds. The molecule has 0 unspecified atom stereocenters. The van der Waals surface area contributed by atoms with Gasteiger partial charge < -0.3 is 9.47 Å². The Morgan fingerprint density at radius 1 is 1.26 bits per heavy atom. The Bertz CT molecular complexity index is 653. The van der Waals surface area contributed by atoms with Crippen LogP contribution in [-0.4, -0.2) is 42.4 Å². The van der Waals surface area contributed by atoms with Crippen LogP contribution in [0.2, 0.25) is 0 Å². The van der Waals surface area contributed by atoms with E-state index in [1.54, 1.807) is 20.9 Å². The zero-order valence-electron chi connectivity index (χ0n) is 13.5. The molecule has 1 aromatic rings. The van der Waals surface area contributed by atoms with Crippen LogP contribution < -0.4 is 16.0 Å². The highest BCUT2D eigenvalue weighted by molar-refractivity contribution is 5.99. The van der Waals surface area contributed by atoms with E-state index in [9.17, 15) is 14.4 Å². The lowest BCUT2D eigenvalue weighted by Gasteiger charge is -2.23. The highest BCUT2D eigenvalue weighted by Crippen LogP contribution is 2.10. The van der Waals surface area contributed by atoms with Gasteiger partial charge >= 0.3 is 11.9 Å². The fourth-order valence-electron chi connectivity index (χ4n) is 1.61. The van der Waals surface area contributed by atoms with Crippen molar-refractivity contribution in [3.05, 3.63) is 33.9 Å². The molecular weight excluding hydrogens is 304 g/mol. The highest BCUT2D eigenvalue weighted by atomic mass is 16.5. The predicted molar refractivity (Wildman–Crippen MR) is 82.4 cm³/mol. The van der Waals surface area contributed by atoms with E-state index >= 15 is 0 Å². The maximum absolute atomic E-state index is 12.1. The van der Waals surface area contributed by atoms with Gasteiger partial charge in [-0.05, 0) is 20.8 Å². The summed E-state index contributed by atoms with van der Waals surface area (Å²) in [6, 6.07) is 1.28. The van der Waals surface area contributed by atoms with E-state index in [2.05, 4.69) is 15.6 Å². The molecule has 0 fully saturated rings. The van der Waals surface area contributed by atoms with Crippen molar-refractivity contribution in [1.29, 1.82) is 0 Å². The first kappa shape index (κ1) is 18.2. The first-order valence-corrected chi connectivity index (χ1v) is 7.00. The number of aromatic nitrogens is 2. The van der Waals surface area contributed by atoms with E-state index in [0.29, 0.717) is 5.69 Å². The van der Waals surface area contributed by atoms with Crippen LogP contribution in [0.25, 0.3) is 0 Å². The molecular formula is C14H20N4O5. The Labute approximate surface area is 133 Å². The molecule has 9 heteroatoms. The highest BCUT2D eigenvalue weighted by Gasteiger charge is 2.21. The Balaban J connectivity index is 3.10. The topological polar surface area (TPSA) is 114 Å². The van der Waals surface area contributed by atoms with Crippen molar-refractivity contribution in [1.82, 2.24) is 15.6 Å². The van der Waals surface area contributed by atoms with Crippen molar-refractivity contribution in [3.8, 4) is 0 Å². The second-order valence-electron chi connectivity index (χ2n) is 4.42. The van der Waals surface area contributed by atoms with Gasteiger partial charge in [-0.2, -0.15) is 5.10 Å². The van der Waals surface area contributed by atoms with Crippen LogP contribution in [0, 0.1) is 0 Å². The third-order valence-corrected chi connectivity index (χ3v) is 2.75. The Hall–Kier alpha value is -2.84. The minimum absolute atomic E-state index is 0.0648. The standard InChI is InChI=1S/C14H20N4O5/c1-5-22-13(20)9(3)12(14(21)23-6-2)17-18(4)10-7-11(19)16-15-8-10/h7-8,17H,5-6H2,1-4H3,(H,16,19)/b12-9+. The van der Waals surface area contributed by atoms with Crippen LogP contribution in [0.3, 0.4) is 0 Å². The Morgan fingerprint density at radius 2 is 1.87 bits per heavy atom. The average Bonchev–Trinajstić information content (AvgIpc) is 2.52. The van der Waals surface area contributed by atoms with Crippen LogP contribution in [0.1, 0.15) is 20.8 Å². The van der Waals surface area contributed by atoms with Gasteiger partial charge in [0.15, 0.2) is 5.70 Å². The number of hydrazine groups is 1. The van der Waals surface area contributed by atoms with Gasteiger partial charge in [-0.15, -0.1) is 0 Å². The van der Waals surface area contributed by atoms with Crippen LogP contribution in [-0.2, 0) is 19.1 Å². The molecule has 126 valence electrons. The quantitative estimate of drug-likeness (QED) is 0.413. The van der Waals surface area contributed by atoms with Gasteiger partial charge in [-0.25, -0.2) is 14.7 Å². The number of H-pyrrole nitrogens is 1. The summed E-state index contributed by atoms with van der Waals surface area (Å²) in [6.45, 7) is 5.09. The molecule has 0 aliphatic heterocycles. The number of anilines is 1. The molecule has 1 rings (SSSR count). The number of hydrogen-bond donors (Lipinski definition) is 2. The van der Waals surface area contributed by atoms with Crippen molar-refractivity contribution in [2.45, 2.75) is 20.8 Å². The van der Waals surface area contributed by atoms with Crippen LogP contribution in [0.5, 0.6) is 0 Å². The number of carbonyl (C=O) groups is 2. The SMILES string of the molecule is CCOC(=O)/C(C)=C(/NN(C)c1cn[nH]c(=O)c1)C(=O)OCC. The lowest BCUT2D eigenvalue weighted by Crippen LogP contribution is -2.39. The van der Waals surface area contributed by atoms with E-state index in [0.717, 1.165) is 0 Å². The lowest BCUT2D eigenvalue weighted by molar-refractivity contribution is -0.142. The smallest absolute Gasteiger partial charge is 0.356 e. The summed E-state index contributed by atoms with van der Waals surface area (Å²) in [6.07, 6.45) is 1.39. The number of esters is 2. The summed E-state index contributed by atoms with van der Waals surface area (Å²) in [5.41, 5.74) is 2.71. The molecule has 23 heavy (non-hydrogen) atoms. The monoisotopic (exact) mass is 324 g/mol. The third kappa shape index (κ3) is 5.13. The molecule has 0 saturated carbocycles. The van der Waals surface area contributed by atoms with Crippen LogP contribution in [0.4, 0.5) is 5.69 Å². The molecule has 1 heterocycles. The maximum atomic E-state index is 12.1. The predicted octanol–water partition coefficient (Wildman–Crippen LogP) is 0.111. The summed E-state index contributed by atoms with van der Waals surface area (Å²) in [7, 11) is 1.56. The first-order valence-electron chi connectivity index (χ1n) is 7.00. The van der Waals surface area contributed by atoms with Crippen molar-refractivity contribution >= 4 is 17.6 Å². The van der Waals surface area contributed by atoms with E-state index in [1.165, 1.54) is 24.2 Å². The maximum Gasteiger partial charge on any atom is 0.356 e. The molecule has 0 aliphatic rings. The van der Waals surface area contributed by atoms with Crippen LogP contribution in [0.15, 0.2) is 28.3 Å². The van der Waals surface area contributed by atoms with E-state index in [4.69, 9.17) is 9.47 Å². The zero-order chi connectivity index (χ0) is 17.4. The van der Waals surface area contributed by atoms with E-state index in [1.807, 2.05) is 0 Å². The minimum atomic E-state index is -0.706. The van der Waals surface area contributed by atoms with Gasteiger partial charge in [-0.3, -0.25) is 15.2 Å². The molecule has 0 aromatic carbocycles. The van der Waals surface area contributed by atoms with Gasteiger partial charge in [0, 0.05) is 13.1 Å². The summed E-state index contributed by atoms with van der Waals surface area (Å²) in [5.74, 6) is -1.34. The number of nitrogens with zero attached hydrogens (tertiary/aromatic N) is 2. The summed E-state index contributed by atoms with van der Waals surface area (Å²) in [4.78, 5) is 35.2. The number of hydrogen-bond acceptors (Lipinski definition) is 8. The number of nitrogens with one attached hydrogen (secondary N) is 2. The van der Waals surface area contributed by atoms with Gasteiger partial charge in [0.2, 0.25) is 0 Å². The molecule has 0 atom stereocenters. The molecule has 0 radical (unpaired) electrons. The minimum Gasteiger partial charge on any atom is -0.463 e. The Morgan fingerprint density at radius 3 is 2.43 bits per heavy atom. The summed E-state index contributed by atoms with van der Waals surface area (Å²) >= 11 is 0. The molecule has 0 bridgehead atoms.